The van der Waals surface area contributed by atoms with Crippen molar-refractivity contribution in [1.29, 1.82) is 0 Å². The van der Waals surface area contributed by atoms with E-state index in [-0.39, 0.29) is 17.5 Å². The summed E-state index contributed by atoms with van der Waals surface area (Å²) >= 11 is 0. The Morgan fingerprint density at radius 1 is 1.47 bits per heavy atom. The van der Waals surface area contributed by atoms with Gasteiger partial charge in [0.25, 0.3) is 0 Å². The van der Waals surface area contributed by atoms with E-state index >= 15 is 0 Å². The Morgan fingerprint density at radius 2 is 2.11 bits per heavy atom. The summed E-state index contributed by atoms with van der Waals surface area (Å²) in [7, 11) is -4.92. The maximum atomic E-state index is 13.5. The number of rotatable bonds is 6. The molecule has 1 aromatic carbocycles. The maximum absolute atomic E-state index is 13.5. The molecule has 108 valence electrons. The minimum atomic E-state index is -3.91. The van der Waals surface area contributed by atoms with Crippen LogP contribution >= 0.6 is 0 Å². The summed E-state index contributed by atoms with van der Waals surface area (Å²) in [5.41, 5.74) is 5.51. The third-order valence-electron chi connectivity index (χ3n) is 2.66. The highest BCUT2D eigenvalue weighted by molar-refractivity contribution is 7.89. The van der Waals surface area contributed by atoms with Gasteiger partial charge in [-0.1, -0.05) is 6.92 Å². The highest BCUT2D eigenvalue weighted by Gasteiger charge is 2.19. The number of nitrogens with two attached hydrogens (primary N) is 1. The van der Waals surface area contributed by atoms with E-state index in [1.165, 1.54) is 6.07 Å². The molecule has 0 spiro atoms. The summed E-state index contributed by atoms with van der Waals surface area (Å²) in [6.45, 7) is 1.86. The highest BCUT2D eigenvalue weighted by atomic mass is 32.2. The Bertz CT molecular complexity index is 575. The molecule has 8 heteroatoms. The first-order valence-electron chi connectivity index (χ1n) is 5.61. The van der Waals surface area contributed by atoms with E-state index in [1.807, 2.05) is 0 Å². The number of hydrogen-bond acceptors (Lipinski definition) is 4. The summed E-state index contributed by atoms with van der Waals surface area (Å²) < 4.78 is 50.6. The van der Waals surface area contributed by atoms with Crippen LogP contribution in [0.5, 0.6) is 0 Å². The van der Waals surface area contributed by atoms with Crippen LogP contribution in [0.4, 0.5) is 10.1 Å². The molecular weight excluding hydrogens is 291 g/mol. The molecule has 0 fully saturated rings. The third kappa shape index (κ3) is 4.55. The molecule has 2 atom stereocenters. The van der Waals surface area contributed by atoms with Gasteiger partial charge in [-0.05, 0) is 24.6 Å². The van der Waals surface area contributed by atoms with Crippen molar-refractivity contribution in [3.63, 3.8) is 0 Å². The van der Waals surface area contributed by atoms with Gasteiger partial charge in [0.1, 0.15) is 10.7 Å². The van der Waals surface area contributed by atoms with Crippen LogP contribution in [0.3, 0.4) is 0 Å². The quantitative estimate of drug-likeness (QED) is 0.762. The molecule has 0 aliphatic heterocycles. The number of sulfonamides is 1. The molecule has 5 nitrogen and oxygen atoms in total. The molecule has 0 radical (unpaired) electrons. The molecule has 0 aromatic heterocycles. The van der Waals surface area contributed by atoms with Crippen LogP contribution in [0.2, 0.25) is 0 Å². The molecule has 2 unspecified atom stereocenters. The summed E-state index contributed by atoms with van der Waals surface area (Å²) in [4.78, 5) is -0.438. The fourth-order valence-corrected chi connectivity index (χ4v) is 2.93. The van der Waals surface area contributed by atoms with Crippen molar-refractivity contribution in [3.05, 3.63) is 24.0 Å². The molecule has 0 aliphatic rings. The van der Waals surface area contributed by atoms with E-state index < -0.39 is 31.5 Å². The number of nitrogens with one attached hydrogen (secondary N) is 1. The van der Waals surface area contributed by atoms with Gasteiger partial charge >= 0.3 is 0 Å². The molecule has 19 heavy (non-hydrogen) atoms. The predicted octanol–water partition coefficient (Wildman–Crippen LogP) is 0.843. The minimum Gasteiger partial charge on any atom is -0.399 e. The van der Waals surface area contributed by atoms with Crippen LogP contribution < -0.4 is 10.5 Å². The lowest BCUT2D eigenvalue weighted by atomic mass is 10.3. The minimum absolute atomic E-state index is 0.104. The Morgan fingerprint density at radius 3 is 2.63 bits per heavy atom. The van der Waals surface area contributed by atoms with Crippen molar-refractivity contribution in [2.75, 3.05) is 18.5 Å². The molecule has 1 aromatic rings. The van der Waals surface area contributed by atoms with Crippen molar-refractivity contribution in [2.24, 2.45) is 0 Å². The van der Waals surface area contributed by atoms with E-state index in [1.54, 1.807) is 13.2 Å². The van der Waals surface area contributed by atoms with Crippen LogP contribution in [-0.4, -0.2) is 30.7 Å². The van der Waals surface area contributed by atoms with Gasteiger partial charge in [0.15, 0.2) is 0 Å². The van der Waals surface area contributed by atoms with Gasteiger partial charge < -0.3 is 5.73 Å². The van der Waals surface area contributed by atoms with E-state index in [4.69, 9.17) is 5.73 Å². The summed E-state index contributed by atoms with van der Waals surface area (Å²) in [6.07, 6.45) is 1.97. The summed E-state index contributed by atoms with van der Waals surface area (Å²) in [6, 6.07) is 3.40. The van der Waals surface area contributed by atoms with Crippen molar-refractivity contribution >= 4 is 26.5 Å². The van der Waals surface area contributed by atoms with Gasteiger partial charge in [-0.3, -0.25) is 4.21 Å². The van der Waals surface area contributed by atoms with Crippen molar-refractivity contribution < 1.29 is 17.0 Å². The van der Waals surface area contributed by atoms with Crippen LogP contribution in [0.1, 0.15) is 13.3 Å². The fraction of sp³-hybridized carbons (Fsp3) is 0.455. The lowest BCUT2D eigenvalue weighted by Crippen LogP contribution is -2.28. The molecule has 0 bridgehead atoms. The molecular formula is C11H17FN2O3S2. The van der Waals surface area contributed by atoms with Crippen molar-refractivity contribution in [3.8, 4) is 0 Å². The second kappa shape index (κ2) is 6.44. The van der Waals surface area contributed by atoms with Gasteiger partial charge in [-0.25, -0.2) is 17.5 Å². The molecule has 0 heterocycles. The van der Waals surface area contributed by atoms with E-state index in [2.05, 4.69) is 4.72 Å². The van der Waals surface area contributed by atoms with Crippen molar-refractivity contribution in [2.45, 2.75) is 23.5 Å². The molecule has 0 aliphatic carbocycles. The monoisotopic (exact) mass is 308 g/mol. The zero-order valence-corrected chi connectivity index (χ0v) is 12.4. The Labute approximate surface area is 114 Å². The largest absolute Gasteiger partial charge is 0.399 e. The lowest BCUT2D eigenvalue weighted by molar-refractivity contribution is 0.555. The van der Waals surface area contributed by atoms with Gasteiger partial charge in [0, 0.05) is 34.5 Å². The smallest absolute Gasteiger partial charge is 0.243 e. The number of hydrogen-bond donors (Lipinski definition) is 2. The van der Waals surface area contributed by atoms with E-state index in [9.17, 15) is 17.0 Å². The number of nitrogen functional groups attached to an aromatic ring is 1. The average molecular weight is 308 g/mol. The predicted molar refractivity (Wildman–Crippen MR) is 74.1 cm³/mol. The Balaban J connectivity index is 2.74. The summed E-state index contributed by atoms with van der Waals surface area (Å²) in [5, 5.41) is -0.126. The molecule has 0 amide bonds. The highest BCUT2D eigenvalue weighted by Crippen LogP contribution is 2.16. The number of halogens is 1. The zero-order valence-electron chi connectivity index (χ0n) is 10.7. The first-order valence-corrected chi connectivity index (χ1v) is 8.71. The topological polar surface area (TPSA) is 89.3 Å². The second-order valence-electron chi connectivity index (χ2n) is 4.19. The first kappa shape index (κ1) is 16.1. The molecule has 0 saturated carbocycles. The summed E-state index contributed by atoms with van der Waals surface area (Å²) in [5.74, 6) is -0.889. The van der Waals surface area contributed by atoms with Crippen LogP contribution in [0, 0.1) is 5.82 Å². The van der Waals surface area contributed by atoms with Gasteiger partial charge in [-0.2, -0.15) is 0 Å². The Hall–Kier alpha value is -0.990. The Kier molecular flexibility index (Phi) is 5.45. The van der Waals surface area contributed by atoms with Crippen LogP contribution in [0.15, 0.2) is 23.1 Å². The number of anilines is 1. The second-order valence-corrected chi connectivity index (χ2v) is 7.72. The lowest BCUT2D eigenvalue weighted by Gasteiger charge is -2.10. The first-order chi connectivity index (χ1) is 8.74. The third-order valence-corrected chi connectivity index (χ3v) is 5.52. The van der Waals surface area contributed by atoms with Crippen LogP contribution in [0.25, 0.3) is 0 Å². The standard InChI is InChI=1S/C11H17FN2O3S2/c1-8(18(2)15)5-6-14-19(16,17)11-4-3-9(13)7-10(11)12/h3-4,7-8,14H,5-6,13H2,1-2H3. The zero-order chi connectivity index (χ0) is 14.6. The average Bonchev–Trinajstić information content (AvgIpc) is 2.27. The molecule has 3 N–H and O–H groups in total. The van der Waals surface area contributed by atoms with Crippen LogP contribution in [-0.2, 0) is 20.8 Å². The maximum Gasteiger partial charge on any atom is 0.243 e. The normalized spacial score (nSPS) is 15.1. The van der Waals surface area contributed by atoms with E-state index in [0.29, 0.717) is 6.42 Å². The van der Waals surface area contributed by atoms with Gasteiger partial charge in [0.2, 0.25) is 10.0 Å². The number of benzene rings is 1. The van der Waals surface area contributed by atoms with E-state index in [0.717, 1.165) is 12.1 Å². The fourth-order valence-electron chi connectivity index (χ4n) is 1.38. The van der Waals surface area contributed by atoms with Gasteiger partial charge in [0.05, 0.1) is 0 Å². The van der Waals surface area contributed by atoms with Gasteiger partial charge in [-0.15, -0.1) is 0 Å². The molecule has 1 rings (SSSR count). The SMILES string of the molecule is CC(CCNS(=O)(=O)c1ccc(N)cc1F)S(C)=O. The molecule has 0 saturated heterocycles. The van der Waals surface area contributed by atoms with Crippen molar-refractivity contribution in [1.82, 2.24) is 4.72 Å².